The standard InChI is InChI=1S/C29H37ClN8O5/c1-5-38-21-11-10-19(25(42-4)17(21)8-9-20(27(38)40)33-22(39)14-37(2)3)34-29-32-13-18(30)26(36-29)35-23-15-6-7-16(12-15)24(23)43-28(31)41/h6-7,10-11,13,15-16,20,23-24H,5,8-9,12,14H2,1-4H3,(H2,31,41)(H,33,39)(H2,32,34,35,36)/t15-,16+,20-,23+,24-/m0/s1. The minimum Gasteiger partial charge on any atom is -0.494 e. The van der Waals surface area contributed by atoms with Gasteiger partial charge in [-0.1, -0.05) is 23.8 Å². The number of primary amides is 1. The van der Waals surface area contributed by atoms with Crippen LogP contribution in [0.3, 0.4) is 0 Å². The highest BCUT2D eigenvalue weighted by Gasteiger charge is 2.47. The maximum atomic E-state index is 13.4. The lowest BCUT2D eigenvalue weighted by molar-refractivity contribution is -0.128. The van der Waals surface area contributed by atoms with Gasteiger partial charge in [0.05, 0.1) is 37.3 Å². The van der Waals surface area contributed by atoms with Crippen LogP contribution in [0.2, 0.25) is 5.02 Å². The molecule has 1 saturated carbocycles. The Morgan fingerprint density at radius 2 is 2.00 bits per heavy atom. The van der Waals surface area contributed by atoms with Crippen molar-refractivity contribution in [3.8, 4) is 5.75 Å². The van der Waals surface area contributed by atoms with E-state index in [1.807, 2.05) is 19.1 Å². The van der Waals surface area contributed by atoms with E-state index in [-0.39, 0.29) is 42.2 Å². The predicted octanol–water partition coefficient (Wildman–Crippen LogP) is 2.68. The molecule has 2 bridgehead atoms. The summed E-state index contributed by atoms with van der Waals surface area (Å²) in [6.07, 6.45) is 6.13. The number of rotatable bonds is 10. The molecule has 1 aromatic carbocycles. The Morgan fingerprint density at radius 3 is 2.70 bits per heavy atom. The normalized spacial score (nSPS) is 24.0. The molecule has 5 rings (SSSR count). The number of carbonyl (C=O) groups excluding carboxylic acids is 3. The highest BCUT2D eigenvalue weighted by Crippen LogP contribution is 2.43. The molecule has 0 unspecified atom stereocenters. The monoisotopic (exact) mass is 612 g/mol. The van der Waals surface area contributed by atoms with Crippen molar-refractivity contribution >= 4 is 52.6 Å². The van der Waals surface area contributed by atoms with Gasteiger partial charge in [-0.05, 0) is 52.4 Å². The van der Waals surface area contributed by atoms with Crippen LogP contribution in [0, 0.1) is 11.8 Å². The van der Waals surface area contributed by atoms with E-state index in [9.17, 15) is 14.4 Å². The van der Waals surface area contributed by atoms with Crippen molar-refractivity contribution < 1.29 is 23.9 Å². The SMILES string of the molecule is CCN1C(=O)[C@@H](NC(=O)CN(C)C)CCc2c1ccc(Nc1ncc(Cl)c(N[C@H]3[C@@H](OC(N)=O)[C@@H]4C=C[C@H]3C4)n1)c2OC. The zero-order valence-corrected chi connectivity index (χ0v) is 25.4. The van der Waals surface area contributed by atoms with Gasteiger partial charge in [0, 0.05) is 23.9 Å². The molecule has 230 valence electrons. The van der Waals surface area contributed by atoms with Gasteiger partial charge in [0.15, 0.2) is 5.82 Å². The van der Waals surface area contributed by atoms with E-state index < -0.39 is 18.2 Å². The van der Waals surface area contributed by atoms with E-state index >= 15 is 0 Å². The van der Waals surface area contributed by atoms with Crippen LogP contribution in [-0.2, 0) is 20.7 Å². The first-order valence-corrected chi connectivity index (χ1v) is 14.6. The number of carbonyl (C=O) groups is 3. The molecule has 2 aromatic rings. The molecule has 13 nitrogen and oxygen atoms in total. The quantitative estimate of drug-likeness (QED) is 0.293. The van der Waals surface area contributed by atoms with Gasteiger partial charge in [0.2, 0.25) is 17.8 Å². The number of hydrogen-bond acceptors (Lipinski definition) is 10. The lowest BCUT2D eigenvalue weighted by Gasteiger charge is -2.28. The number of ether oxygens (including phenoxy) is 2. The Kier molecular flexibility index (Phi) is 8.92. The molecule has 5 N–H and O–H groups in total. The first kappa shape index (κ1) is 30.4. The van der Waals surface area contributed by atoms with E-state index in [4.69, 9.17) is 26.8 Å². The summed E-state index contributed by atoms with van der Waals surface area (Å²) in [5, 5.41) is 9.77. The molecule has 5 atom stereocenters. The number of hydrogen-bond donors (Lipinski definition) is 4. The zero-order valence-electron chi connectivity index (χ0n) is 24.6. The molecule has 0 spiro atoms. The van der Waals surface area contributed by atoms with Crippen LogP contribution in [0.15, 0.2) is 30.5 Å². The van der Waals surface area contributed by atoms with Gasteiger partial charge in [0.25, 0.3) is 0 Å². The third-order valence-electron chi connectivity index (χ3n) is 8.02. The van der Waals surface area contributed by atoms with Crippen molar-refractivity contribution in [3.05, 3.63) is 41.1 Å². The minimum absolute atomic E-state index is 0.0764. The second-order valence-electron chi connectivity index (χ2n) is 11.2. The van der Waals surface area contributed by atoms with Crippen molar-refractivity contribution in [1.82, 2.24) is 20.2 Å². The number of likely N-dealkylation sites (N-methyl/N-ethyl adjacent to an activating group) is 2. The fraction of sp³-hybridized carbons (Fsp3) is 0.483. The Labute approximate surface area is 255 Å². The van der Waals surface area contributed by atoms with Crippen LogP contribution in [0.4, 0.5) is 27.9 Å². The van der Waals surface area contributed by atoms with Crippen molar-refractivity contribution in [2.24, 2.45) is 17.6 Å². The number of nitrogens with zero attached hydrogens (tertiary/aromatic N) is 4. The van der Waals surface area contributed by atoms with E-state index in [0.717, 1.165) is 17.7 Å². The second kappa shape index (κ2) is 12.6. The molecule has 14 heteroatoms. The van der Waals surface area contributed by atoms with E-state index in [1.54, 1.807) is 37.1 Å². The van der Waals surface area contributed by atoms with E-state index in [2.05, 4.69) is 32.0 Å². The van der Waals surface area contributed by atoms with Crippen LogP contribution in [0.25, 0.3) is 0 Å². The number of amides is 3. The number of halogens is 1. The summed E-state index contributed by atoms with van der Waals surface area (Å²) in [7, 11) is 5.17. The smallest absolute Gasteiger partial charge is 0.404 e. The minimum atomic E-state index is -0.824. The van der Waals surface area contributed by atoms with E-state index in [0.29, 0.717) is 41.7 Å². The number of nitrogens with two attached hydrogens (primary N) is 1. The Morgan fingerprint density at radius 1 is 1.23 bits per heavy atom. The first-order valence-electron chi connectivity index (χ1n) is 14.2. The van der Waals surface area contributed by atoms with Crippen LogP contribution >= 0.6 is 11.6 Å². The van der Waals surface area contributed by atoms with Crippen LogP contribution in [0.5, 0.6) is 5.75 Å². The largest absolute Gasteiger partial charge is 0.494 e. The number of benzene rings is 1. The maximum absolute atomic E-state index is 13.4. The van der Waals surface area contributed by atoms with Crippen molar-refractivity contribution in [3.63, 3.8) is 0 Å². The van der Waals surface area contributed by atoms with Gasteiger partial charge in [-0.3, -0.25) is 9.59 Å². The molecular formula is C29H37ClN8O5. The van der Waals surface area contributed by atoms with Gasteiger partial charge in [-0.25, -0.2) is 9.78 Å². The van der Waals surface area contributed by atoms with E-state index in [1.165, 1.54) is 6.20 Å². The molecule has 1 fully saturated rings. The number of anilines is 4. The number of nitrogens with one attached hydrogen (secondary N) is 3. The summed E-state index contributed by atoms with van der Waals surface area (Å²) in [5.41, 5.74) is 7.49. The topological polar surface area (TPSA) is 164 Å². The Hall–Kier alpha value is -4.10. The first-order chi connectivity index (χ1) is 20.6. The van der Waals surface area contributed by atoms with Crippen LogP contribution < -0.4 is 31.3 Å². The molecule has 2 aliphatic carbocycles. The molecule has 2 heterocycles. The average Bonchev–Trinajstić information content (AvgIpc) is 3.52. The van der Waals surface area contributed by atoms with Gasteiger partial charge < -0.3 is 41.0 Å². The van der Waals surface area contributed by atoms with Gasteiger partial charge >= 0.3 is 6.09 Å². The lowest BCUT2D eigenvalue weighted by Crippen LogP contribution is -2.49. The maximum Gasteiger partial charge on any atom is 0.404 e. The molecule has 1 aliphatic heterocycles. The number of fused-ring (bicyclic) bond motifs is 3. The molecule has 3 amide bonds. The summed E-state index contributed by atoms with van der Waals surface area (Å²) < 4.78 is 11.3. The fourth-order valence-electron chi connectivity index (χ4n) is 6.22. The lowest BCUT2D eigenvalue weighted by atomic mass is 9.98. The predicted molar refractivity (Wildman–Crippen MR) is 163 cm³/mol. The summed E-state index contributed by atoms with van der Waals surface area (Å²) in [6.45, 7) is 2.51. The molecule has 0 saturated heterocycles. The second-order valence-corrected chi connectivity index (χ2v) is 11.6. The Bertz CT molecular complexity index is 1440. The number of methoxy groups -OCH3 is 1. The van der Waals surface area contributed by atoms with Gasteiger partial charge in [-0.2, -0.15) is 4.98 Å². The van der Waals surface area contributed by atoms with Crippen molar-refractivity contribution in [2.45, 2.75) is 44.4 Å². The molecule has 0 radical (unpaired) electrons. The molecular weight excluding hydrogens is 576 g/mol. The molecule has 43 heavy (non-hydrogen) atoms. The molecule has 1 aromatic heterocycles. The van der Waals surface area contributed by atoms with Gasteiger partial charge in [-0.15, -0.1) is 0 Å². The van der Waals surface area contributed by atoms with Gasteiger partial charge in [0.1, 0.15) is 22.9 Å². The summed E-state index contributed by atoms with van der Waals surface area (Å²) in [5.74, 6) is 1.04. The molecule has 3 aliphatic rings. The van der Waals surface area contributed by atoms with Crippen molar-refractivity contribution in [1.29, 1.82) is 0 Å². The third kappa shape index (κ3) is 6.32. The summed E-state index contributed by atoms with van der Waals surface area (Å²) in [6, 6.07) is 2.76. The van der Waals surface area contributed by atoms with Crippen LogP contribution in [0.1, 0.15) is 25.3 Å². The average molecular weight is 613 g/mol. The third-order valence-corrected chi connectivity index (χ3v) is 8.30. The fourth-order valence-corrected chi connectivity index (χ4v) is 6.36. The summed E-state index contributed by atoms with van der Waals surface area (Å²) in [4.78, 5) is 49.8. The van der Waals surface area contributed by atoms with Crippen molar-refractivity contribution in [2.75, 3.05) is 49.8 Å². The number of aromatic nitrogens is 2. The van der Waals surface area contributed by atoms with Crippen LogP contribution in [-0.4, -0.2) is 85.3 Å². The summed E-state index contributed by atoms with van der Waals surface area (Å²) >= 11 is 6.47. The highest BCUT2D eigenvalue weighted by atomic mass is 35.5. The Balaban J connectivity index is 1.38. The highest BCUT2D eigenvalue weighted by molar-refractivity contribution is 6.32. The zero-order chi connectivity index (χ0) is 30.8.